The summed E-state index contributed by atoms with van der Waals surface area (Å²) >= 11 is 1.60. The standard InChI is InChI=1S/C24H26N4O2S/c1-16-6-4-9-21(10-16)25-23(29)22-14-31-15-27(22)24(30)20-8-5-7-19(12-20)13-28-18(3)11-17(2)26-28/h4-12,22H,13-15H2,1-3H3,(H,25,29). The Hall–Kier alpha value is -3.06. The van der Waals surface area contributed by atoms with E-state index in [1.807, 2.05) is 80.1 Å². The molecule has 1 saturated heterocycles. The first-order chi connectivity index (χ1) is 14.9. The number of carbonyl (C=O) groups is 2. The van der Waals surface area contributed by atoms with Crippen LogP contribution in [0.1, 0.15) is 32.9 Å². The molecule has 3 aromatic rings. The van der Waals surface area contributed by atoms with Crippen molar-refractivity contribution in [1.82, 2.24) is 14.7 Å². The quantitative estimate of drug-likeness (QED) is 0.659. The molecule has 160 valence electrons. The maximum Gasteiger partial charge on any atom is 0.255 e. The van der Waals surface area contributed by atoms with Crippen molar-refractivity contribution in [3.63, 3.8) is 0 Å². The van der Waals surface area contributed by atoms with Crippen molar-refractivity contribution in [1.29, 1.82) is 0 Å². The van der Waals surface area contributed by atoms with Gasteiger partial charge in [-0.2, -0.15) is 5.10 Å². The van der Waals surface area contributed by atoms with Gasteiger partial charge in [0.25, 0.3) is 5.91 Å². The molecule has 1 aromatic heterocycles. The van der Waals surface area contributed by atoms with E-state index in [1.165, 1.54) is 0 Å². The van der Waals surface area contributed by atoms with Crippen molar-refractivity contribution < 1.29 is 9.59 Å². The molecule has 1 atom stereocenters. The Bertz CT molecular complexity index is 1120. The van der Waals surface area contributed by atoms with E-state index >= 15 is 0 Å². The zero-order chi connectivity index (χ0) is 22.0. The van der Waals surface area contributed by atoms with Crippen LogP contribution in [0.25, 0.3) is 0 Å². The highest BCUT2D eigenvalue weighted by Crippen LogP contribution is 2.25. The Labute approximate surface area is 186 Å². The van der Waals surface area contributed by atoms with Gasteiger partial charge in [0.05, 0.1) is 18.1 Å². The number of nitrogens with one attached hydrogen (secondary N) is 1. The zero-order valence-corrected chi connectivity index (χ0v) is 18.8. The number of anilines is 1. The minimum absolute atomic E-state index is 0.121. The monoisotopic (exact) mass is 434 g/mol. The van der Waals surface area contributed by atoms with Crippen LogP contribution in [0.5, 0.6) is 0 Å². The summed E-state index contributed by atoms with van der Waals surface area (Å²) in [6.07, 6.45) is 0. The summed E-state index contributed by atoms with van der Waals surface area (Å²) in [6.45, 7) is 6.58. The van der Waals surface area contributed by atoms with Gasteiger partial charge >= 0.3 is 0 Å². The fraction of sp³-hybridized carbons (Fsp3) is 0.292. The zero-order valence-electron chi connectivity index (χ0n) is 18.0. The van der Waals surface area contributed by atoms with Gasteiger partial charge in [-0.1, -0.05) is 24.3 Å². The van der Waals surface area contributed by atoms with Crippen molar-refractivity contribution in [3.8, 4) is 0 Å². The molecule has 0 spiro atoms. The Kier molecular flexibility index (Phi) is 6.13. The Balaban J connectivity index is 1.49. The van der Waals surface area contributed by atoms with E-state index in [-0.39, 0.29) is 11.8 Å². The second-order valence-corrected chi connectivity index (χ2v) is 8.93. The van der Waals surface area contributed by atoms with Gasteiger partial charge in [-0.15, -0.1) is 11.8 Å². The SMILES string of the molecule is Cc1cccc(NC(=O)C2CSCN2C(=O)c2cccc(Cn3nc(C)cc3C)c2)c1. The van der Waals surface area contributed by atoms with E-state index in [0.29, 0.717) is 23.7 Å². The number of amides is 2. The van der Waals surface area contributed by atoms with Crippen molar-refractivity contribution in [2.75, 3.05) is 16.9 Å². The van der Waals surface area contributed by atoms with E-state index in [2.05, 4.69) is 10.4 Å². The lowest BCUT2D eigenvalue weighted by Crippen LogP contribution is -2.44. The fourth-order valence-electron chi connectivity index (χ4n) is 3.78. The van der Waals surface area contributed by atoms with Crippen LogP contribution in [0.2, 0.25) is 0 Å². The molecule has 0 aliphatic carbocycles. The number of rotatable bonds is 5. The van der Waals surface area contributed by atoms with E-state index < -0.39 is 6.04 Å². The number of aromatic nitrogens is 2. The predicted octanol–water partition coefficient (Wildman–Crippen LogP) is 4.01. The van der Waals surface area contributed by atoms with Crippen LogP contribution < -0.4 is 5.32 Å². The third-order valence-corrected chi connectivity index (χ3v) is 6.35. The first-order valence-electron chi connectivity index (χ1n) is 10.3. The van der Waals surface area contributed by atoms with E-state index in [0.717, 1.165) is 28.2 Å². The van der Waals surface area contributed by atoms with E-state index in [9.17, 15) is 9.59 Å². The molecule has 4 rings (SSSR count). The lowest BCUT2D eigenvalue weighted by molar-refractivity contribution is -0.119. The van der Waals surface area contributed by atoms with Crippen molar-refractivity contribution >= 4 is 29.3 Å². The topological polar surface area (TPSA) is 67.2 Å². The highest BCUT2D eigenvalue weighted by atomic mass is 32.2. The number of hydrogen-bond donors (Lipinski definition) is 1. The maximum atomic E-state index is 13.3. The van der Waals surface area contributed by atoms with Gasteiger partial charge in [0.15, 0.2) is 0 Å². The minimum atomic E-state index is -0.488. The first-order valence-corrected chi connectivity index (χ1v) is 11.4. The molecule has 1 aliphatic heterocycles. The average molecular weight is 435 g/mol. The molecule has 2 heterocycles. The minimum Gasteiger partial charge on any atom is -0.324 e. The molecule has 1 unspecified atom stereocenters. The van der Waals surface area contributed by atoms with Crippen LogP contribution in [-0.2, 0) is 11.3 Å². The molecular formula is C24H26N4O2S. The third kappa shape index (κ3) is 4.82. The fourth-order valence-corrected chi connectivity index (χ4v) is 4.94. The first kappa shape index (κ1) is 21.2. The number of aryl methyl sites for hydroxylation is 3. The summed E-state index contributed by atoms with van der Waals surface area (Å²) < 4.78 is 1.93. The van der Waals surface area contributed by atoms with Crippen molar-refractivity contribution in [2.24, 2.45) is 0 Å². The summed E-state index contributed by atoms with van der Waals surface area (Å²) in [5.41, 5.74) is 5.48. The van der Waals surface area contributed by atoms with Gasteiger partial charge < -0.3 is 10.2 Å². The maximum absolute atomic E-state index is 13.3. The normalized spacial score (nSPS) is 15.8. The predicted molar refractivity (Wildman–Crippen MR) is 124 cm³/mol. The number of benzene rings is 2. The summed E-state index contributed by atoms with van der Waals surface area (Å²) in [4.78, 5) is 27.8. The van der Waals surface area contributed by atoms with Gasteiger partial charge in [0.1, 0.15) is 6.04 Å². The summed E-state index contributed by atoms with van der Waals surface area (Å²) in [7, 11) is 0. The van der Waals surface area contributed by atoms with Crippen molar-refractivity contribution in [2.45, 2.75) is 33.4 Å². The van der Waals surface area contributed by atoms with E-state index in [4.69, 9.17) is 0 Å². The molecule has 6 nitrogen and oxygen atoms in total. The molecule has 2 amide bonds. The van der Waals surface area contributed by atoms with Crippen molar-refractivity contribution in [3.05, 3.63) is 82.7 Å². The second kappa shape index (κ2) is 8.98. The van der Waals surface area contributed by atoms with Crippen LogP contribution in [0, 0.1) is 20.8 Å². The van der Waals surface area contributed by atoms with Crippen LogP contribution >= 0.6 is 11.8 Å². The van der Waals surface area contributed by atoms with E-state index in [1.54, 1.807) is 16.7 Å². The Morgan fingerprint density at radius 1 is 1.10 bits per heavy atom. The van der Waals surface area contributed by atoms with Crippen LogP contribution in [0.4, 0.5) is 5.69 Å². The van der Waals surface area contributed by atoms with Gasteiger partial charge in [0.2, 0.25) is 5.91 Å². The molecule has 31 heavy (non-hydrogen) atoms. The molecule has 1 N–H and O–H groups in total. The van der Waals surface area contributed by atoms with Crippen LogP contribution in [0.15, 0.2) is 54.6 Å². The third-order valence-electron chi connectivity index (χ3n) is 5.34. The van der Waals surface area contributed by atoms with Gasteiger partial charge in [0, 0.05) is 22.7 Å². The smallest absolute Gasteiger partial charge is 0.255 e. The molecule has 1 fully saturated rings. The summed E-state index contributed by atoms with van der Waals surface area (Å²) in [5.74, 6) is 0.828. The summed E-state index contributed by atoms with van der Waals surface area (Å²) in [5, 5.41) is 7.46. The molecule has 2 aromatic carbocycles. The lowest BCUT2D eigenvalue weighted by Gasteiger charge is -2.23. The molecular weight excluding hydrogens is 408 g/mol. The molecule has 7 heteroatoms. The number of carbonyl (C=O) groups excluding carboxylic acids is 2. The van der Waals surface area contributed by atoms with Gasteiger partial charge in [-0.3, -0.25) is 14.3 Å². The molecule has 1 aliphatic rings. The number of nitrogens with zero attached hydrogens (tertiary/aromatic N) is 3. The number of hydrogen-bond acceptors (Lipinski definition) is 4. The number of thioether (sulfide) groups is 1. The Morgan fingerprint density at radius 3 is 2.65 bits per heavy atom. The molecule has 0 bridgehead atoms. The summed E-state index contributed by atoms with van der Waals surface area (Å²) in [6, 6.07) is 16.8. The average Bonchev–Trinajstić information content (AvgIpc) is 3.34. The highest BCUT2D eigenvalue weighted by molar-refractivity contribution is 7.99. The van der Waals surface area contributed by atoms with Gasteiger partial charge in [-0.05, 0) is 62.2 Å². The molecule has 0 saturated carbocycles. The second-order valence-electron chi connectivity index (χ2n) is 7.93. The van der Waals surface area contributed by atoms with Gasteiger partial charge in [-0.25, -0.2) is 0 Å². The lowest BCUT2D eigenvalue weighted by atomic mass is 10.1. The highest BCUT2D eigenvalue weighted by Gasteiger charge is 2.35. The largest absolute Gasteiger partial charge is 0.324 e. The molecule has 0 radical (unpaired) electrons. The van der Waals surface area contributed by atoms with Crippen LogP contribution in [-0.4, -0.2) is 44.2 Å². The Morgan fingerprint density at radius 2 is 1.90 bits per heavy atom. The van der Waals surface area contributed by atoms with Crippen LogP contribution in [0.3, 0.4) is 0 Å².